The largest absolute Gasteiger partial charge is 0.493 e. The van der Waals surface area contributed by atoms with Gasteiger partial charge >= 0.3 is 0 Å². The van der Waals surface area contributed by atoms with E-state index in [1.165, 1.54) is 6.33 Å². The number of methoxy groups -OCH3 is 1. The zero-order chi connectivity index (χ0) is 21.5. The number of anilines is 2. The number of hydrogen-bond acceptors (Lipinski definition) is 6. The lowest BCUT2D eigenvalue weighted by atomic mass is 10.0. The van der Waals surface area contributed by atoms with Gasteiger partial charge in [0.25, 0.3) is 0 Å². The van der Waals surface area contributed by atoms with Crippen LogP contribution in [0, 0.1) is 11.8 Å². The Bertz CT molecular complexity index is 1120. The molecule has 32 heavy (non-hydrogen) atoms. The minimum Gasteiger partial charge on any atom is -0.493 e. The zero-order valence-electron chi connectivity index (χ0n) is 17.8. The van der Waals surface area contributed by atoms with Crippen LogP contribution in [0.2, 0.25) is 10.0 Å². The second-order valence-corrected chi connectivity index (χ2v) is 9.26. The fourth-order valence-electron chi connectivity index (χ4n) is 4.88. The Morgan fingerprint density at radius 3 is 2.44 bits per heavy atom. The molecule has 2 aliphatic rings. The molecule has 3 aromatic rings. The van der Waals surface area contributed by atoms with E-state index < -0.39 is 0 Å². The third-order valence-corrected chi connectivity index (χ3v) is 7.03. The number of nitrogens with one attached hydrogen (secondary N) is 1. The highest BCUT2D eigenvalue weighted by molar-refractivity contribution is 6.42. The maximum absolute atomic E-state index is 6.41. The minimum atomic E-state index is 0. The first-order valence-corrected chi connectivity index (χ1v) is 11.2. The van der Waals surface area contributed by atoms with Gasteiger partial charge in [-0.15, -0.1) is 12.4 Å². The van der Waals surface area contributed by atoms with Crippen molar-refractivity contribution in [2.45, 2.75) is 18.9 Å². The first kappa shape index (κ1) is 23.2. The van der Waals surface area contributed by atoms with E-state index in [4.69, 9.17) is 32.7 Å². The molecule has 1 saturated heterocycles. The summed E-state index contributed by atoms with van der Waals surface area (Å²) in [5.41, 5.74) is 1.57. The molecule has 9 heteroatoms. The molecule has 2 aromatic carbocycles. The van der Waals surface area contributed by atoms with Crippen molar-refractivity contribution in [1.82, 2.24) is 14.9 Å². The average Bonchev–Trinajstić information content (AvgIpc) is 3.27. The van der Waals surface area contributed by atoms with Gasteiger partial charge in [0, 0.05) is 30.2 Å². The van der Waals surface area contributed by atoms with Crippen LogP contribution in [0.3, 0.4) is 0 Å². The molecule has 0 bridgehead atoms. The summed E-state index contributed by atoms with van der Waals surface area (Å²) in [5.74, 6) is 3.52. The van der Waals surface area contributed by atoms with E-state index in [9.17, 15) is 0 Å². The molecule has 5 rings (SSSR count). The van der Waals surface area contributed by atoms with E-state index in [-0.39, 0.29) is 18.5 Å². The van der Waals surface area contributed by atoms with Crippen molar-refractivity contribution in [2.75, 3.05) is 32.6 Å². The number of nitrogens with zero attached hydrogens (tertiary/aromatic N) is 3. The van der Waals surface area contributed by atoms with Gasteiger partial charge in [0.05, 0.1) is 28.8 Å². The molecule has 0 unspecified atom stereocenters. The minimum absolute atomic E-state index is 0. The summed E-state index contributed by atoms with van der Waals surface area (Å²) in [5, 5.41) is 5.11. The number of rotatable bonds is 5. The third-order valence-electron chi connectivity index (χ3n) is 6.29. The predicted molar refractivity (Wildman–Crippen MR) is 131 cm³/mol. The maximum Gasteiger partial charge on any atom is 0.163 e. The van der Waals surface area contributed by atoms with Gasteiger partial charge in [-0.05, 0) is 56.0 Å². The smallest absolute Gasteiger partial charge is 0.163 e. The van der Waals surface area contributed by atoms with Crippen molar-refractivity contribution in [2.24, 2.45) is 11.8 Å². The second kappa shape index (κ2) is 9.48. The number of ether oxygens (including phenoxy) is 2. The molecule has 1 saturated carbocycles. The molecule has 1 aliphatic carbocycles. The molecule has 2 fully saturated rings. The van der Waals surface area contributed by atoms with E-state index >= 15 is 0 Å². The van der Waals surface area contributed by atoms with E-state index in [1.54, 1.807) is 19.2 Å². The van der Waals surface area contributed by atoms with E-state index in [0.717, 1.165) is 60.1 Å². The Hall–Kier alpha value is -1.99. The molecule has 3 atom stereocenters. The van der Waals surface area contributed by atoms with Gasteiger partial charge in [0.2, 0.25) is 0 Å². The van der Waals surface area contributed by atoms with Crippen LogP contribution in [0.4, 0.5) is 11.5 Å². The van der Waals surface area contributed by atoms with Crippen LogP contribution in [0.5, 0.6) is 11.5 Å². The average molecular weight is 496 g/mol. The molecule has 0 radical (unpaired) electrons. The van der Waals surface area contributed by atoms with Crippen molar-refractivity contribution < 1.29 is 9.47 Å². The fourth-order valence-corrected chi connectivity index (χ4v) is 5.18. The van der Waals surface area contributed by atoms with Crippen LogP contribution in [0.1, 0.15) is 12.8 Å². The zero-order valence-corrected chi connectivity index (χ0v) is 20.2. The summed E-state index contributed by atoms with van der Waals surface area (Å²) >= 11 is 12.2. The monoisotopic (exact) mass is 494 g/mol. The Balaban J connectivity index is 0.00000245. The lowest BCUT2D eigenvalue weighted by Gasteiger charge is -2.19. The van der Waals surface area contributed by atoms with Gasteiger partial charge in [-0.3, -0.25) is 0 Å². The van der Waals surface area contributed by atoms with Gasteiger partial charge in [0.1, 0.15) is 12.1 Å². The van der Waals surface area contributed by atoms with Gasteiger partial charge in [-0.1, -0.05) is 23.2 Å². The fraction of sp³-hybridized carbons (Fsp3) is 0.391. The molecular weight excluding hydrogens is 471 g/mol. The van der Waals surface area contributed by atoms with Crippen LogP contribution >= 0.6 is 35.6 Å². The standard InChI is InChI=1S/C23H24Cl2N4O2.ClH/c1-29-10-13-5-16(6-14(13)11-29)31-22-9-20-17(8-21(22)30-2)23(27-12-26-20)28-15-3-4-18(24)19(25)7-15;/h3-4,7-9,12-14,16H,5-6,10-11H2,1-2H3,(H,26,27,28);1H/t13-,14+,16-;. The Kier molecular flexibility index (Phi) is 6.86. The molecule has 1 aliphatic heterocycles. The van der Waals surface area contributed by atoms with Gasteiger partial charge in [0.15, 0.2) is 11.5 Å². The van der Waals surface area contributed by atoms with Crippen LogP contribution in [-0.2, 0) is 0 Å². The van der Waals surface area contributed by atoms with E-state index in [2.05, 4.69) is 27.2 Å². The van der Waals surface area contributed by atoms with Crippen molar-refractivity contribution in [3.8, 4) is 11.5 Å². The summed E-state index contributed by atoms with van der Waals surface area (Å²) in [6, 6.07) is 9.23. The lowest BCUT2D eigenvalue weighted by Crippen LogP contribution is -2.20. The molecule has 1 aromatic heterocycles. The first-order valence-electron chi connectivity index (χ1n) is 10.4. The highest BCUT2D eigenvalue weighted by atomic mass is 35.5. The molecule has 0 spiro atoms. The van der Waals surface area contributed by atoms with Crippen molar-refractivity contribution >= 4 is 58.0 Å². The summed E-state index contributed by atoms with van der Waals surface area (Å²) in [6.07, 6.45) is 3.92. The quantitative estimate of drug-likeness (QED) is 0.480. The normalized spacial score (nSPS) is 22.4. The third kappa shape index (κ3) is 4.55. The predicted octanol–water partition coefficient (Wildman–Crippen LogP) is 5.83. The summed E-state index contributed by atoms with van der Waals surface area (Å²) < 4.78 is 12.1. The Labute approximate surface area is 203 Å². The molecule has 2 heterocycles. The van der Waals surface area contributed by atoms with E-state index in [0.29, 0.717) is 21.6 Å². The highest BCUT2D eigenvalue weighted by Gasteiger charge is 2.40. The topological polar surface area (TPSA) is 59.5 Å². The second-order valence-electron chi connectivity index (χ2n) is 8.45. The maximum atomic E-state index is 6.41. The SMILES string of the molecule is COc1cc2c(Nc3ccc(Cl)c(Cl)c3)ncnc2cc1O[C@@H]1C[C@@H]2CN(C)C[C@@H]2C1.Cl. The number of likely N-dealkylation sites (tertiary alicyclic amines) is 1. The molecular formula is C23H25Cl3N4O2. The number of halogens is 3. The number of benzene rings is 2. The van der Waals surface area contributed by atoms with Crippen molar-refractivity contribution in [3.63, 3.8) is 0 Å². The van der Waals surface area contributed by atoms with Crippen LogP contribution < -0.4 is 14.8 Å². The van der Waals surface area contributed by atoms with Gasteiger partial charge in [-0.2, -0.15) is 0 Å². The number of fused-ring (bicyclic) bond motifs is 2. The summed E-state index contributed by atoms with van der Waals surface area (Å²) in [4.78, 5) is 11.3. The number of aromatic nitrogens is 2. The molecule has 1 N–H and O–H groups in total. The van der Waals surface area contributed by atoms with Gasteiger partial charge < -0.3 is 19.7 Å². The van der Waals surface area contributed by atoms with Gasteiger partial charge in [-0.25, -0.2) is 9.97 Å². The molecule has 6 nitrogen and oxygen atoms in total. The summed E-state index contributed by atoms with van der Waals surface area (Å²) in [7, 11) is 3.85. The Morgan fingerprint density at radius 1 is 1.00 bits per heavy atom. The van der Waals surface area contributed by atoms with Crippen molar-refractivity contribution in [3.05, 3.63) is 46.7 Å². The van der Waals surface area contributed by atoms with Crippen LogP contribution in [0.15, 0.2) is 36.7 Å². The van der Waals surface area contributed by atoms with Crippen molar-refractivity contribution in [1.29, 1.82) is 0 Å². The van der Waals surface area contributed by atoms with Crippen LogP contribution in [-0.4, -0.2) is 48.2 Å². The molecule has 170 valence electrons. The summed E-state index contributed by atoms with van der Waals surface area (Å²) in [6.45, 7) is 2.33. The first-order chi connectivity index (χ1) is 15.0. The van der Waals surface area contributed by atoms with Crippen LogP contribution in [0.25, 0.3) is 10.9 Å². The number of hydrogen-bond donors (Lipinski definition) is 1. The Morgan fingerprint density at radius 2 is 1.75 bits per heavy atom. The van der Waals surface area contributed by atoms with E-state index in [1.807, 2.05) is 18.2 Å². The molecule has 0 amide bonds. The highest BCUT2D eigenvalue weighted by Crippen LogP contribution is 2.42. The lowest BCUT2D eigenvalue weighted by molar-refractivity contribution is 0.183.